The highest BCUT2D eigenvalue weighted by Gasteiger charge is 2.61. The fourth-order valence-electron chi connectivity index (χ4n) is 0.851. The van der Waals surface area contributed by atoms with Crippen LogP contribution in [0.1, 0.15) is 13.8 Å². The van der Waals surface area contributed by atoms with Crippen molar-refractivity contribution in [1.82, 2.24) is 5.32 Å². The van der Waals surface area contributed by atoms with Crippen LogP contribution >= 0.6 is 0 Å². The fraction of sp³-hybridized carbons (Fsp3) is 0.857. The van der Waals surface area contributed by atoms with Gasteiger partial charge < -0.3 is 5.32 Å². The Hall–Kier alpha value is -0.950. The maximum absolute atomic E-state index is 11.9. The zero-order chi connectivity index (χ0) is 12.4. The molecule has 2 nitrogen and oxygen atoms in total. The summed E-state index contributed by atoms with van der Waals surface area (Å²) >= 11 is 0. The van der Waals surface area contributed by atoms with Crippen LogP contribution in [0.5, 0.6) is 0 Å². The van der Waals surface area contributed by atoms with Crippen molar-refractivity contribution in [2.75, 3.05) is 0 Å². The van der Waals surface area contributed by atoms with Crippen molar-refractivity contribution >= 4 is 5.91 Å². The molecule has 0 unspecified atom stereocenters. The van der Waals surface area contributed by atoms with Crippen LogP contribution < -0.4 is 5.32 Å². The zero-order valence-corrected chi connectivity index (χ0v) is 7.83. The summed E-state index contributed by atoms with van der Waals surface area (Å²) in [5.74, 6) is -6.04. The number of carbonyl (C=O) groups is 1. The van der Waals surface area contributed by atoms with Gasteiger partial charge >= 0.3 is 12.4 Å². The van der Waals surface area contributed by atoms with E-state index in [9.17, 15) is 31.1 Å². The minimum absolute atomic E-state index is 0.787. The molecule has 0 aliphatic heterocycles. The molecule has 0 aromatic rings. The average Bonchev–Trinajstić information content (AvgIpc) is 1.74. The Morgan fingerprint density at radius 3 is 1.53 bits per heavy atom. The van der Waals surface area contributed by atoms with Crippen LogP contribution in [-0.4, -0.2) is 24.3 Å². The van der Waals surface area contributed by atoms with Gasteiger partial charge in [-0.15, -0.1) is 0 Å². The van der Waals surface area contributed by atoms with Crippen LogP contribution in [-0.2, 0) is 4.79 Å². The monoisotopic (exact) mass is 237 g/mol. The van der Waals surface area contributed by atoms with Crippen molar-refractivity contribution in [2.45, 2.75) is 32.2 Å². The van der Waals surface area contributed by atoms with E-state index in [0.29, 0.717) is 0 Å². The van der Waals surface area contributed by atoms with Crippen molar-refractivity contribution in [2.24, 2.45) is 5.92 Å². The van der Waals surface area contributed by atoms with E-state index in [0.717, 1.165) is 0 Å². The van der Waals surface area contributed by atoms with E-state index in [1.807, 2.05) is 0 Å². The van der Waals surface area contributed by atoms with Crippen LogP contribution in [0.15, 0.2) is 0 Å². The van der Waals surface area contributed by atoms with Crippen LogP contribution in [0.2, 0.25) is 0 Å². The molecule has 0 saturated carbocycles. The van der Waals surface area contributed by atoms with E-state index in [1.54, 1.807) is 5.32 Å². The molecule has 0 aromatic carbocycles. The van der Waals surface area contributed by atoms with Crippen molar-refractivity contribution < 1.29 is 31.1 Å². The predicted molar refractivity (Wildman–Crippen MR) is 38.9 cm³/mol. The highest BCUT2D eigenvalue weighted by Crippen LogP contribution is 2.39. The third kappa shape index (κ3) is 4.39. The number of rotatable bonds is 2. The van der Waals surface area contributed by atoms with Crippen molar-refractivity contribution in [3.63, 3.8) is 0 Å². The van der Waals surface area contributed by atoms with Crippen LogP contribution in [0.25, 0.3) is 0 Å². The minimum atomic E-state index is -5.63. The molecular weight excluding hydrogens is 228 g/mol. The Kier molecular flexibility index (Phi) is 4.01. The molecule has 0 rings (SSSR count). The Balaban J connectivity index is 4.90. The second-order valence-corrected chi connectivity index (χ2v) is 3.18. The lowest BCUT2D eigenvalue weighted by Gasteiger charge is -2.22. The lowest BCUT2D eigenvalue weighted by Crippen LogP contribution is -2.49. The van der Waals surface area contributed by atoms with Gasteiger partial charge in [0.2, 0.25) is 11.8 Å². The van der Waals surface area contributed by atoms with E-state index >= 15 is 0 Å². The third-order valence-corrected chi connectivity index (χ3v) is 1.35. The molecule has 0 heterocycles. The molecule has 8 heteroatoms. The number of alkyl halides is 6. The molecule has 0 atom stereocenters. The van der Waals surface area contributed by atoms with E-state index in [2.05, 4.69) is 0 Å². The Labute approximate surface area is 81.6 Å². The predicted octanol–water partition coefficient (Wildman–Crippen LogP) is 2.25. The standard InChI is InChI=1S/C7H9F6NO/c1-3(2)14-5(15)4(6(8,9)10)7(11,12)13/h3-4H,1-2H3,(H,14,15). The molecule has 0 radical (unpaired) electrons. The van der Waals surface area contributed by atoms with E-state index in [1.165, 1.54) is 13.8 Å². The van der Waals surface area contributed by atoms with Gasteiger partial charge in [-0.25, -0.2) is 0 Å². The smallest absolute Gasteiger partial charge is 0.353 e. The second-order valence-electron chi connectivity index (χ2n) is 3.18. The molecule has 0 aliphatic rings. The van der Waals surface area contributed by atoms with Gasteiger partial charge in [-0.2, -0.15) is 26.3 Å². The minimum Gasteiger partial charge on any atom is -0.353 e. The van der Waals surface area contributed by atoms with E-state index in [4.69, 9.17) is 0 Å². The summed E-state index contributed by atoms with van der Waals surface area (Å²) in [5, 5.41) is 1.58. The number of halogens is 6. The maximum atomic E-state index is 11.9. The Bertz CT molecular complexity index is 217. The molecule has 0 aromatic heterocycles. The molecule has 0 bridgehead atoms. The van der Waals surface area contributed by atoms with Gasteiger partial charge in [0.05, 0.1) is 0 Å². The molecule has 0 fully saturated rings. The zero-order valence-electron chi connectivity index (χ0n) is 7.83. The molecule has 0 saturated heterocycles. The number of nitrogens with one attached hydrogen (secondary N) is 1. The molecule has 1 amide bonds. The molecule has 1 N–H and O–H groups in total. The first-order chi connectivity index (χ1) is 6.46. The summed E-state index contributed by atoms with van der Waals surface area (Å²) < 4.78 is 71.6. The van der Waals surface area contributed by atoms with Gasteiger partial charge in [0.1, 0.15) is 0 Å². The summed E-state index contributed by atoms with van der Waals surface area (Å²) in [6.07, 6.45) is -11.3. The van der Waals surface area contributed by atoms with Crippen LogP contribution in [0.4, 0.5) is 26.3 Å². The molecule has 15 heavy (non-hydrogen) atoms. The molecule has 0 aliphatic carbocycles. The largest absolute Gasteiger partial charge is 0.409 e. The van der Waals surface area contributed by atoms with E-state index in [-0.39, 0.29) is 0 Å². The first-order valence-electron chi connectivity index (χ1n) is 3.90. The summed E-state index contributed by atoms with van der Waals surface area (Å²) in [7, 11) is 0. The summed E-state index contributed by atoms with van der Waals surface area (Å²) in [5.41, 5.74) is 0. The number of amides is 1. The van der Waals surface area contributed by atoms with Gasteiger partial charge in [-0.3, -0.25) is 4.79 Å². The second kappa shape index (κ2) is 4.28. The normalized spacial score (nSPS) is 13.5. The number of hydrogen-bond donors (Lipinski definition) is 1. The van der Waals surface area contributed by atoms with Gasteiger partial charge in [0.25, 0.3) is 0 Å². The highest BCUT2D eigenvalue weighted by atomic mass is 19.4. The van der Waals surface area contributed by atoms with E-state index < -0.39 is 30.2 Å². The summed E-state index contributed by atoms with van der Waals surface area (Å²) in [6, 6.07) is -0.787. The maximum Gasteiger partial charge on any atom is 0.409 e. The fourth-order valence-corrected chi connectivity index (χ4v) is 0.851. The van der Waals surface area contributed by atoms with Crippen LogP contribution in [0.3, 0.4) is 0 Å². The van der Waals surface area contributed by atoms with Gasteiger partial charge in [0.15, 0.2) is 0 Å². The van der Waals surface area contributed by atoms with Gasteiger partial charge in [0, 0.05) is 6.04 Å². The molecule has 0 spiro atoms. The Morgan fingerprint density at radius 1 is 1.00 bits per heavy atom. The highest BCUT2D eigenvalue weighted by molar-refractivity contribution is 5.80. The van der Waals surface area contributed by atoms with Crippen molar-refractivity contribution in [1.29, 1.82) is 0 Å². The summed E-state index contributed by atoms with van der Waals surface area (Å²) in [4.78, 5) is 10.7. The first-order valence-corrected chi connectivity index (χ1v) is 3.90. The SMILES string of the molecule is CC(C)NC(=O)C(C(F)(F)F)C(F)(F)F. The Morgan fingerprint density at radius 2 is 1.33 bits per heavy atom. The van der Waals surface area contributed by atoms with Crippen molar-refractivity contribution in [3.05, 3.63) is 0 Å². The first kappa shape index (κ1) is 14.0. The quantitative estimate of drug-likeness (QED) is 0.733. The molecule has 90 valence electrons. The topological polar surface area (TPSA) is 29.1 Å². The molecular formula is C7H9F6NO. The third-order valence-electron chi connectivity index (χ3n) is 1.35. The van der Waals surface area contributed by atoms with Gasteiger partial charge in [-0.1, -0.05) is 0 Å². The lowest BCUT2D eigenvalue weighted by molar-refractivity contribution is -0.274. The number of hydrogen-bond acceptors (Lipinski definition) is 1. The lowest BCUT2D eigenvalue weighted by atomic mass is 10.1. The average molecular weight is 237 g/mol. The van der Waals surface area contributed by atoms with Crippen molar-refractivity contribution in [3.8, 4) is 0 Å². The van der Waals surface area contributed by atoms with Gasteiger partial charge in [-0.05, 0) is 13.8 Å². The summed E-state index contributed by atoms with van der Waals surface area (Å²) in [6.45, 7) is 2.53. The van der Waals surface area contributed by atoms with Crippen LogP contribution in [0, 0.1) is 5.92 Å². The number of carbonyl (C=O) groups excluding carboxylic acids is 1.